The first-order valence-electron chi connectivity index (χ1n) is 7.06. The molecule has 7 heteroatoms. The van der Waals surface area contributed by atoms with Gasteiger partial charge >= 0.3 is 6.03 Å². The number of urea groups is 1. The minimum atomic E-state index is -0.452. The fraction of sp³-hybridized carbons (Fsp3) is 0.267. The normalized spacial score (nSPS) is 17.6. The number of carbonyl (C=O) groups is 2. The number of H-pyrrole nitrogens is 1. The number of hydrogen-bond acceptors (Lipinski definition) is 3. The molecular weight excluding hydrogens is 282 g/mol. The second-order valence-corrected chi connectivity index (χ2v) is 5.16. The Morgan fingerprint density at radius 1 is 1.41 bits per heavy atom. The van der Waals surface area contributed by atoms with Crippen molar-refractivity contribution in [1.82, 2.24) is 15.1 Å². The number of aromatic amines is 1. The molecule has 114 valence electrons. The van der Waals surface area contributed by atoms with Crippen molar-refractivity contribution in [2.75, 3.05) is 23.8 Å². The maximum atomic E-state index is 12.5. The summed E-state index contributed by atoms with van der Waals surface area (Å²) >= 11 is 0. The van der Waals surface area contributed by atoms with Crippen LogP contribution >= 0.6 is 0 Å². The van der Waals surface area contributed by atoms with Gasteiger partial charge in [-0.25, -0.2) is 4.79 Å². The van der Waals surface area contributed by atoms with Crippen LogP contribution in [0.3, 0.4) is 0 Å². The smallest absolute Gasteiger partial charge is 0.315 e. The maximum absolute atomic E-state index is 12.5. The molecule has 1 aliphatic rings. The third-order valence-electron chi connectivity index (χ3n) is 3.78. The van der Waals surface area contributed by atoms with Gasteiger partial charge in [-0.2, -0.15) is 5.10 Å². The summed E-state index contributed by atoms with van der Waals surface area (Å²) in [6.45, 7) is 0.608. The lowest BCUT2D eigenvalue weighted by atomic mass is 10.2. The highest BCUT2D eigenvalue weighted by Gasteiger charge is 2.37. The third kappa shape index (κ3) is 2.65. The molecule has 1 aromatic heterocycles. The minimum Gasteiger partial charge on any atom is -0.315 e. The zero-order valence-corrected chi connectivity index (χ0v) is 12.2. The average molecular weight is 299 g/mol. The van der Waals surface area contributed by atoms with Crippen LogP contribution in [-0.2, 0) is 4.79 Å². The molecule has 1 atom stereocenters. The number of aromatic nitrogens is 2. The molecule has 1 aliphatic heterocycles. The minimum absolute atomic E-state index is 0.0592. The molecule has 0 spiro atoms. The first-order valence-corrected chi connectivity index (χ1v) is 7.06. The number of nitrogens with one attached hydrogen (secondary N) is 2. The summed E-state index contributed by atoms with van der Waals surface area (Å²) in [6, 6.07) is 8.71. The van der Waals surface area contributed by atoms with Crippen molar-refractivity contribution >= 4 is 23.3 Å². The van der Waals surface area contributed by atoms with E-state index in [1.165, 1.54) is 11.1 Å². The first kappa shape index (κ1) is 14.1. The van der Waals surface area contributed by atoms with Gasteiger partial charge in [-0.3, -0.25) is 9.89 Å². The molecule has 0 unspecified atom stereocenters. The lowest BCUT2D eigenvalue weighted by molar-refractivity contribution is -0.120. The van der Waals surface area contributed by atoms with Crippen molar-refractivity contribution in [3.8, 4) is 0 Å². The van der Waals surface area contributed by atoms with E-state index in [0.717, 1.165) is 5.69 Å². The summed E-state index contributed by atoms with van der Waals surface area (Å²) in [7, 11) is 1.63. The highest BCUT2D eigenvalue weighted by atomic mass is 16.2. The quantitative estimate of drug-likeness (QED) is 0.904. The SMILES string of the molecule is CN(C(=O)Nc1cn[nH]c1)[C@@H]1CCN(c2ccccc2)C1=O. The Labute approximate surface area is 127 Å². The molecule has 7 nitrogen and oxygen atoms in total. The zero-order valence-electron chi connectivity index (χ0n) is 12.2. The standard InChI is InChI=1S/C15H17N5O2/c1-19(15(22)18-11-9-16-17-10-11)13-7-8-20(14(13)21)12-5-3-2-4-6-12/h2-6,9-10,13H,7-8H2,1H3,(H,16,17)(H,18,22)/t13-/m1/s1. The van der Waals surface area contributed by atoms with Gasteiger partial charge in [0, 0.05) is 25.5 Å². The molecular formula is C15H17N5O2. The molecule has 2 aromatic rings. The number of likely N-dealkylation sites (N-methyl/N-ethyl adjacent to an activating group) is 1. The highest BCUT2D eigenvalue weighted by Crippen LogP contribution is 2.23. The van der Waals surface area contributed by atoms with Crippen LogP contribution in [0, 0.1) is 0 Å². The van der Waals surface area contributed by atoms with E-state index in [1.807, 2.05) is 30.3 Å². The molecule has 22 heavy (non-hydrogen) atoms. The Kier molecular flexibility index (Phi) is 3.78. The molecule has 1 fully saturated rings. The number of para-hydroxylation sites is 1. The van der Waals surface area contributed by atoms with E-state index < -0.39 is 6.04 Å². The number of hydrogen-bond donors (Lipinski definition) is 2. The Bertz CT molecular complexity index is 656. The lowest BCUT2D eigenvalue weighted by Crippen LogP contribution is -2.44. The van der Waals surface area contributed by atoms with Crippen LogP contribution in [0.5, 0.6) is 0 Å². The van der Waals surface area contributed by atoms with Crippen molar-refractivity contribution in [1.29, 1.82) is 0 Å². The van der Waals surface area contributed by atoms with E-state index >= 15 is 0 Å². The van der Waals surface area contributed by atoms with Gasteiger partial charge < -0.3 is 15.1 Å². The predicted octanol–water partition coefficient (Wildman–Crippen LogP) is 1.68. The predicted molar refractivity (Wildman–Crippen MR) is 82.6 cm³/mol. The summed E-state index contributed by atoms with van der Waals surface area (Å²) in [5.41, 5.74) is 1.43. The summed E-state index contributed by atoms with van der Waals surface area (Å²) in [4.78, 5) is 27.9. The second kappa shape index (κ2) is 5.88. The number of carbonyl (C=O) groups excluding carboxylic acids is 2. The van der Waals surface area contributed by atoms with Gasteiger partial charge in [-0.15, -0.1) is 0 Å². The Morgan fingerprint density at radius 3 is 2.86 bits per heavy atom. The Hall–Kier alpha value is -2.83. The summed E-state index contributed by atoms with van der Waals surface area (Å²) in [5, 5.41) is 9.08. The molecule has 0 radical (unpaired) electrons. The van der Waals surface area contributed by atoms with Crippen LogP contribution < -0.4 is 10.2 Å². The monoisotopic (exact) mass is 299 g/mol. The topological polar surface area (TPSA) is 81.3 Å². The van der Waals surface area contributed by atoms with Crippen LogP contribution in [0.2, 0.25) is 0 Å². The number of benzene rings is 1. The molecule has 0 aliphatic carbocycles. The van der Waals surface area contributed by atoms with E-state index in [1.54, 1.807) is 18.1 Å². The fourth-order valence-electron chi connectivity index (χ4n) is 2.56. The third-order valence-corrected chi connectivity index (χ3v) is 3.78. The van der Waals surface area contributed by atoms with Crippen LogP contribution in [0.4, 0.5) is 16.2 Å². The van der Waals surface area contributed by atoms with E-state index in [0.29, 0.717) is 18.7 Å². The molecule has 1 saturated heterocycles. The van der Waals surface area contributed by atoms with Crippen molar-refractivity contribution in [3.63, 3.8) is 0 Å². The van der Waals surface area contributed by atoms with Gasteiger partial charge in [0.2, 0.25) is 5.91 Å². The van der Waals surface area contributed by atoms with E-state index in [-0.39, 0.29) is 11.9 Å². The van der Waals surface area contributed by atoms with Crippen LogP contribution in [0.15, 0.2) is 42.7 Å². The fourth-order valence-corrected chi connectivity index (χ4v) is 2.56. The largest absolute Gasteiger partial charge is 0.322 e. The molecule has 3 rings (SSSR count). The van der Waals surface area contributed by atoms with Crippen LogP contribution in [0.1, 0.15) is 6.42 Å². The van der Waals surface area contributed by atoms with Crippen LogP contribution in [-0.4, -0.2) is 46.7 Å². The molecule has 3 amide bonds. The van der Waals surface area contributed by atoms with Crippen molar-refractivity contribution in [3.05, 3.63) is 42.7 Å². The molecule has 2 N–H and O–H groups in total. The van der Waals surface area contributed by atoms with Crippen molar-refractivity contribution in [2.24, 2.45) is 0 Å². The number of amides is 3. The van der Waals surface area contributed by atoms with Crippen molar-refractivity contribution < 1.29 is 9.59 Å². The van der Waals surface area contributed by atoms with E-state index in [4.69, 9.17) is 0 Å². The first-order chi connectivity index (χ1) is 10.7. The second-order valence-electron chi connectivity index (χ2n) is 5.16. The summed E-state index contributed by atoms with van der Waals surface area (Å²) in [6.07, 6.45) is 3.71. The van der Waals surface area contributed by atoms with Gasteiger partial charge in [0.15, 0.2) is 0 Å². The van der Waals surface area contributed by atoms with Gasteiger partial charge in [-0.05, 0) is 18.6 Å². The van der Waals surface area contributed by atoms with Gasteiger partial charge in [-0.1, -0.05) is 18.2 Å². The van der Waals surface area contributed by atoms with Crippen LogP contribution in [0.25, 0.3) is 0 Å². The van der Waals surface area contributed by atoms with Crippen molar-refractivity contribution in [2.45, 2.75) is 12.5 Å². The zero-order chi connectivity index (χ0) is 15.5. The molecule has 0 saturated carbocycles. The summed E-state index contributed by atoms with van der Waals surface area (Å²) in [5.74, 6) is -0.0592. The van der Waals surface area contributed by atoms with E-state index in [9.17, 15) is 9.59 Å². The van der Waals surface area contributed by atoms with E-state index in [2.05, 4.69) is 15.5 Å². The van der Waals surface area contributed by atoms with Gasteiger partial charge in [0.05, 0.1) is 11.9 Å². The van der Waals surface area contributed by atoms with Gasteiger partial charge in [0.25, 0.3) is 0 Å². The Morgan fingerprint density at radius 2 is 2.18 bits per heavy atom. The average Bonchev–Trinajstić information content (AvgIpc) is 3.17. The number of anilines is 2. The molecule has 1 aromatic carbocycles. The number of rotatable bonds is 3. The Balaban J connectivity index is 1.68. The van der Waals surface area contributed by atoms with Gasteiger partial charge in [0.1, 0.15) is 6.04 Å². The lowest BCUT2D eigenvalue weighted by Gasteiger charge is -2.24. The number of nitrogens with zero attached hydrogens (tertiary/aromatic N) is 3. The maximum Gasteiger partial charge on any atom is 0.322 e. The molecule has 0 bridgehead atoms. The highest BCUT2D eigenvalue weighted by molar-refractivity contribution is 6.02. The summed E-state index contributed by atoms with van der Waals surface area (Å²) < 4.78 is 0. The molecule has 2 heterocycles.